The van der Waals surface area contributed by atoms with E-state index in [2.05, 4.69) is 4.98 Å². The monoisotopic (exact) mass is 353 g/mol. The fraction of sp³-hybridized carbons (Fsp3) is 0.350. The second kappa shape index (κ2) is 8.47. The number of amides is 1. The molecule has 26 heavy (non-hydrogen) atoms. The number of nitrogens with zero attached hydrogens (tertiary/aromatic N) is 3. The second-order valence-corrected chi connectivity index (χ2v) is 6.49. The topological polar surface area (TPSA) is 73.7 Å². The van der Waals surface area contributed by atoms with E-state index in [1.54, 1.807) is 12.4 Å². The van der Waals surface area contributed by atoms with Gasteiger partial charge in [0.15, 0.2) is 0 Å². The first-order valence-corrected chi connectivity index (χ1v) is 8.86. The van der Waals surface area contributed by atoms with E-state index in [9.17, 15) is 14.7 Å². The molecule has 1 N–H and O–H groups in total. The van der Waals surface area contributed by atoms with Crippen molar-refractivity contribution >= 4 is 17.6 Å². The van der Waals surface area contributed by atoms with Crippen molar-refractivity contribution in [2.75, 3.05) is 18.0 Å². The molecule has 1 aliphatic rings. The molecule has 1 aromatic heterocycles. The number of carbonyl (C=O) groups excluding carboxylic acids is 1. The number of para-hydroxylation sites is 1. The molecular formula is C20H23N3O3. The second-order valence-electron chi connectivity index (χ2n) is 6.49. The Balaban J connectivity index is 1.78. The van der Waals surface area contributed by atoms with E-state index in [4.69, 9.17) is 0 Å². The number of carbonyl (C=O) groups is 2. The van der Waals surface area contributed by atoms with Crippen LogP contribution in [0, 0.1) is 0 Å². The van der Waals surface area contributed by atoms with E-state index in [-0.39, 0.29) is 12.5 Å². The molecule has 1 saturated heterocycles. The maximum absolute atomic E-state index is 12.9. The van der Waals surface area contributed by atoms with E-state index in [1.165, 1.54) is 4.90 Å². The van der Waals surface area contributed by atoms with Crippen molar-refractivity contribution in [3.8, 4) is 0 Å². The molecule has 6 nitrogen and oxygen atoms in total. The van der Waals surface area contributed by atoms with Crippen molar-refractivity contribution in [2.45, 2.75) is 31.8 Å². The zero-order chi connectivity index (χ0) is 18.4. The summed E-state index contributed by atoms with van der Waals surface area (Å²) in [6.45, 7) is 1.18. The van der Waals surface area contributed by atoms with Gasteiger partial charge in [-0.15, -0.1) is 0 Å². The summed E-state index contributed by atoms with van der Waals surface area (Å²) in [6.07, 6.45) is 5.71. The average molecular weight is 353 g/mol. The first kappa shape index (κ1) is 17.9. The van der Waals surface area contributed by atoms with Gasteiger partial charge in [0, 0.05) is 31.2 Å². The van der Waals surface area contributed by atoms with Gasteiger partial charge < -0.3 is 14.9 Å². The third kappa shape index (κ3) is 4.39. The third-order valence-corrected chi connectivity index (χ3v) is 4.65. The molecular weight excluding hydrogens is 330 g/mol. The maximum atomic E-state index is 12.9. The molecule has 136 valence electrons. The smallest absolute Gasteiger partial charge is 0.326 e. The highest BCUT2D eigenvalue weighted by Gasteiger charge is 2.32. The molecule has 0 radical (unpaired) electrons. The Bertz CT molecular complexity index is 736. The predicted molar refractivity (Wildman–Crippen MR) is 98.7 cm³/mol. The SMILES string of the molecule is O=C(O)C1CCCCN1C(=O)CN(Cc1cccnc1)c1ccccc1. The summed E-state index contributed by atoms with van der Waals surface area (Å²) in [6, 6.07) is 12.8. The number of pyridine rings is 1. The van der Waals surface area contributed by atoms with Crippen LogP contribution in [0.3, 0.4) is 0 Å². The molecule has 1 fully saturated rings. The fourth-order valence-corrected chi connectivity index (χ4v) is 3.33. The number of hydrogen-bond donors (Lipinski definition) is 1. The van der Waals surface area contributed by atoms with Gasteiger partial charge in [-0.1, -0.05) is 24.3 Å². The van der Waals surface area contributed by atoms with Gasteiger partial charge in [0.2, 0.25) is 5.91 Å². The standard InChI is InChI=1S/C20H23N3O3/c24-19(23-12-5-4-10-18(23)20(25)26)15-22(17-8-2-1-3-9-17)14-16-7-6-11-21-13-16/h1-3,6-9,11,13,18H,4-5,10,12,14-15H2,(H,25,26). The minimum absolute atomic E-state index is 0.142. The van der Waals surface area contributed by atoms with Gasteiger partial charge in [-0.25, -0.2) is 4.79 Å². The number of aliphatic carboxylic acids is 1. The van der Waals surface area contributed by atoms with Crippen LogP contribution in [0.5, 0.6) is 0 Å². The summed E-state index contributed by atoms with van der Waals surface area (Å²) in [7, 11) is 0. The highest BCUT2D eigenvalue weighted by Crippen LogP contribution is 2.20. The molecule has 0 spiro atoms. The van der Waals surface area contributed by atoms with Crippen molar-refractivity contribution in [3.63, 3.8) is 0 Å². The summed E-state index contributed by atoms with van der Waals surface area (Å²) in [5, 5.41) is 9.43. The Morgan fingerprint density at radius 3 is 2.65 bits per heavy atom. The number of aromatic nitrogens is 1. The van der Waals surface area contributed by atoms with Crippen LogP contribution in [0.2, 0.25) is 0 Å². The lowest BCUT2D eigenvalue weighted by Crippen LogP contribution is -2.51. The van der Waals surface area contributed by atoms with Gasteiger partial charge in [-0.3, -0.25) is 9.78 Å². The number of benzene rings is 1. The zero-order valence-corrected chi connectivity index (χ0v) is 14.6. The molecule has 0 aliphatic carbocycles. The van der Waals surface area contributed by atoms with Gasteiger partial charge in [0.25, 0.3) is 0 Å². The summed E-state index contributed by atoms with van der Waals surface area (Å²) >= 11 is 0. The summed E-state index contributed by atoms with van der Waals surface area (Å²) in [5.41, 5.74) is 1.92. The fourth-order valence-electron chi connectivity index (χ4n) is 3.33. The normalized spacial score (nSPS) is 16.9. The molecule has 1 aromatic carbocycles. The van der Waals surface area contributed by atoms with Crippen molar-refractivity contribution in [2.24, 2.45) is 0 Å². The number of carboxylic acids is 1. The number of likely N-dealkylation sites (tertiary alicyclic amines) is 1. The number of anilines is 1. The largest absolute Gasteiger partial charge is 0.480 e. The van der Waals surface area contributed by atoms with E-state index >= 15 is 0 Å². The van der Waals surface area contributed by atoms with Crippen LogP contribution in [0.15, 0.2) is 54.9 Å². The van der Waals surface area contributed by atoms with Crippen LogP contribution in [-0.2, 0) is 16.1 Å². The molecule has 0 bridgehead atoms. The van der Waals surface area contributed by atoms with Gasteiger partial charge >= 0.3 is 5.97 Å². The minimum atomic E-state index is -0.920. The highest BCUT2D eigenvalue weighted by molar-refractivity contribution is 5.86. The predicted octanol–water partition coefficient (Wildman–Crippen LogP) is 2.55. The van der Waals surface area contributed by atoms with Crippen LogP contribution in [0.4, 0.5) is 5.69 Å². The van der Waals surface area contributed by atoms with Crippen molar-refractivity contribution in [1.29, 1.82) is 0 Å². The summed E-state index contributed by atoms with van der Waals surface area (Å²) in [4.78, 5) is 32.0. The van der Waals surface area contributed by atoms with E-state index in [0.717, 1.165) is 24.1 Å². The Kier molecular flexibility index (Phi) is 5.84. The van der Waals surface area contributed by atoms with Crippen LogP contribution in [0.1, 0.15) is 24.8 Å². The van der Waals surface area contributed by atoms with Gasteiger partial charge in [-0.05, 0) is 43.0 Å². The van der Waals surface area contributed by atoms with Crippen molar-refractivity contribution in [3.05, 3.63) is 60.4 Å². The lowest BCUT2D eigenvalue weighted by molar-refractivity contribution is -0.151. The van der Waals surface area contributed by atoms with Crippen molar-refractivity contribution in [1.82, 2.24) is 9.88 Å². The first-order valence-electron chi connectivity index (χ1n) is 8.86. The third-order valence-electron chi connectivity index (χ3n) is 4.65. The molecule has 1 aliphatic heterocycles. The van der Waals surface area contributed by atoms with Crippen LogP contribution >= 0.6 is 0 Å². The molecule has 2 heterocycles. The number of piperidine rings is 1. The van der Waals surface area contributed by atoms with Crippen LogP contribution < -0.4 is 4.90 Å². The molecule has 2 aromatic rings. The van der Waals surface area contributed by atoms with Crippen LogP contribution in [0.25, 0.3) is 0 Å². The molecule has 0 saturated carbocycles. The maximum Gasteiger partial charge on any atom is 0.326 e. The molecule has 1 unspecified atom stereocenters. The minimum Gasteiger partial charge on any atom is -0.480 e. The van der Waals surface area contributed by atoms with Gasteiger partial charge in [0.05, 0.1) is 6.54 Å². The Labute approximate surface area is 153 Å². The molecule has 3 rings (SSSR count). The average Bonchev–Trinajstić information content (AvgIpc) is 2.69. The lowest BCUT2D eigenvalue weighted by Gasteiger charge is -2.35. The Hall–Kier alpha value is -2.89. The van der Waals surface area contributed by atoms with E-state index in [1.807, 2.05) is 47.4 Å². The highest BCUT2D eigenvalue weighted by atomic mass is 16.4. The van der Waals surface area contributed by atoms with E-state index in [0.29, 0.717) is 19.5 Å². The first-order chi connectivity index (χ1) is 12.6. The van der Waals surface area contributed by atoms with Gasteiger partial charge in [0.1, 0.15) is 6.04 Å². The number of carboxylic acid groups (broad SMARTS) is 1. The summed E-state index contributed by atoms with van der Waals surface area (Å²) < 4.78 is 0. The Morgan fingerprint density at radius 1 is 1.15 bits per heavy atom. The number of rotatable bonds is 6. The lowest BCUT2D eigenvalue weighted by atomic mass is 10.0. The molecule has 1 amide bonds. The van der Waals surface area contributed by atoms with Crippen LogP contribution in [-0.4, -0.2) is 46.0 Å². The van der Waals surface area contributed by atoms with Gasteiger partial charge in [-0.2, -0.15) is 0 Å². The quantitative estimate of drug-likeness (QED) is 0.864. The Morgan fingerprint density at radius 2 is 1.96 bits per heavy atom. The number of hydrogen-bond acceptors (Lipinski definition) is 4. The van der Waals surface area contributed by atoms with Crippen molar-refractivity contribution < 1.29 is 14.7 Å². The summed E-state index contributed by atoms with van der Waals surface area (Å²) in [5.74, 6) is -1.07. The molecule has 6 heteroatoms. The molecule has 1 atom stereocenters. The van der Waals surface area contributed by atoms with E-state index < -0.39 is 12.0 Å². The zero-order valence-electron chi connectivity index (χ0n) is 14.6.